The highest BCUT2D eigenvalue weighted by molar-refractivity contribution is 6.21. The van der Waals surface area contributed by atoms with Crippen molar-refractivity contribution < 1.29 is 4.42 Å². The van der Waals surface area contributed by atoms with Crippen molar-refractivity contribution >= 4 is 49.8 Å². The molecule has 0 atom stereocenters. The van der Waals surface area contributed by atoms with Gasteiger partial charge in [-0.25, -0.2) is 0 Å². The van der Waals surface area contributed by atoms with Crippen molar-refractivity contribution in [1.29, 1.82) is 0 Å². The molecule has 0 aliphatic carbocycles. The molecule has 2 nitrogen and oxygen atoms in total. The van der Waals surface area contributed by atoms with Gasteiger partial charge in [-0.05, 0) is 75.7 Å². The van der Waals surface area contributed by atoms with Crippen LogP contribution in [0.4, 0.5) is 17.1 Å². The zero-order chi connectivity index (χ0) is 31.9. The molecule has 226 valence electrons. The second-order valence-corrected chi connectivity index (χ2v) is 12.1. The normalized spacial score (nSPS) is 11.3. The lowest BCUT2D eigenvalue weighted by Gasteiger charge is -2.29. The molecule has 8 aromatic carbocycles. The minimum Gasteiger partial charge on any atom is -0.456 e. The van der Waals surface area contributed by atoms with Crippen molar-refractivity contribution in [2.24, 2.45) is 0 Å². The van der Waals surface area contributed by atoms with Crippen LogP contribution in [0.3, 0.4) is 0 Å². The Hall–Kier alpha value is -6.38. The van der Waals surface area contributed by atoms with E-state index in [2.05, 4.69) is 181 Å². The van der Waals surface area contributed by atoms with Crippen molar-refractivity contribution in [3.05, 3.63) is 188 Å². The van der Waals surface area contributed by atoms with Crippen LogP contribution >= 0.6 is 0 Å². The fourth-order valence-corrected chi connectivity index (χ4v) is 6.99. The molecular formula is C46H31NO. The zero-order valence-corrected chi connectivity index (χ0v) is 26.3. The highest BCUT2D eigenvalue weighted by Crippen LogP contribution is 2.45. The Kier molecular flexibility index (Phi) is 6.84. The topological polar surface area (TPSA) is 16.4 Å². The van der Waals surface area contributed by atoms with Crippen molar-refractivity contribution in [2.45, 2.75) is 0 Å². The fraction of sp³-hybridized carbons (Fsp3) is 0. The summed E-state index contributed by atoms with van der Waals surface area (Å²) >= 11 is 0. The monoisotopic (exact) mass is 613 g/mol. The number of furan rings is 1. The van der Waals surface area contributed by atoms with Crippen LogP contribution < -0.4 is 4.90 Å². The third-order valence-corrected chi connectivity index (χ3v) is 9.30. The molecule has 0 N–H and O–H groups in total. The average molecular weight is 614 g/mol. The van der Waals surface area contributed by atoms with E-state index >= 15 is 0 Å². The van der Waals surface area contributed by atoms with E-state index in [9.17, 15) is 0 Å². The molecule has 48 heavy (non-hydrogen) atoms. The van der Waals surface area contributed by atoms with Crippen LogP contribution in [0.2, 0.25) is 0 Å². The lowest BCUT2D eigenvalue weighted by Crippen LogP contribution is -2.11. The predicted molar refractivity (Wildman–Crippen MR) is 202 cm³/mol. The summed E-state index contributed by atoms with van der Waals surface area (Å²) in [7, 11) is 0. The predicted octanol–water partition coefficient (Wildman–Crippen LogP) is 13.2. The molecular weight excluding hydrogens is 583 g/mol. The minimum atomic E-state index is 0.903. The Bertz CT molecular complexity index is 2530. The molecule has 0 radical (unpaired) electrons. The molecule has 0 saturated heterocycles. The zero-order valence-electron chi connectivity index (χ0n) is 26.3. The molecule has 9 aromatic rings. The summed E-state index contributed by atoms with van der Waals surface area (Å²) < 4.78 is 6.28. The van der Waals surface area contributed by atoms with E-state index in [0.29, 0.717) is 0 Å². The molecule has 0 saturated carbocycles. The highest BCUT2D eigenvalue weighted by atomic mass is 16.3. The molecule has 9 rings (SSSR count). The van der Waals surface area contributed by atoms with E-state index in [1.165, 1.54) is 44.2 Å². The van der Waals surface area contributed by atoms with Crippen LogP contribution in [-0.4, -0.2) is 0 Å². The number of para-hydroxylation sites is 2. The third-order valence-electron chi connectivity index (χ3n) is 9.30. The minimum absolute atomic E-state index is 0.903. The van der Waals surface area contributed by atoms with Crippen LogP contribution in [0.25, 0.3) is 66.1 Å². The molecule has 1 heterocycles. The van der Waals surface area contributed by atoms with Crippen molar-refractivity contribution in [3.8, 4) is 33.4 Å². The molecule has 0 amide bonds. The second-order valence-electron chi connectivity index (χ2n) is 12.1. The number of benzene rings is 8. The van der Waals surface area contributed by atoms with Gasteiger partial charge >= 0.3 is 0 Å². The summed E-state index contributed by atoms with van der Waals surface area (Å²) in [5.41, 5.74) is 12.3. The van der Waals surface area contributed by atoms with Crippen LogP contribution in [0, 0.1) is 0 Å². The molecule has 0 fully saturated rings. The lowest BCUT2D eigenvalue weighted by molar-refractivity contribution is 0.669. The van der Waals surface area contributed by atoms with E-state index in [4.69, 9.17) is 4.42 Å². The van der Waals surface area contributed by atoms with E-state index in [1.807, 2.05) is 12.1 Å². The Morgan fingerprint density at radius 3 is 1.58 bits per heavy atom. The van der Waals surface area contributed by atoms with Crippen LogP contribution in [0.15, 0.2) is 192 Å². The number of hydrogen-bond donors (Lipinski definition) is 0. The first kappa shape index (κ1) is 27.9. The van der Waals surface area contributed by atoms with Crippen molar-refractivity contribution in [1.82, 2.24) is 0 Å². The Morgan fingerprint density at radius 2 is 0.854 bits per heavy atom. The van der Waals surface area contributed by atoms with Gasteiger partial charge in [0.2, 0.25) is 0 Å². The molecule has 0 spiro atoms. The summed E-state index contributed by atoms with van der Waals surface area (Å²) in [6.45, 7) is 0. The number of hydrogen-bond acceptors (Lipinski definition) is 2. The van der Waals surface area contributed by atoms with Crippen LogP contribution in [0.1, 0.15) is 0 Å². The Balaban J connectivity index is 1.21. The molecule has 0 bridgehead atoms. The van der Waals surface area contributed by atoms with Crippen molar-refractivity contribution in [2.75, 3.05) is 4.90 Å². The van der Waals surface area contributed by atoms with Gasteiger partial charge in [-0.1, -0.05) is 146 Å². The van der Waals surface area contributed by atoms with E-state index < -0.39 is 0 Å². The Morgan fingerprint density at radius 1 is 0.312 bits per heavy atom. The van der Waals surface area contributed by atoms with Gasteiger partial charge in [0.05, 0.1) is 11.4 Å². The summed E-state index contributed by atoms with van der Waals surface area (Å²) in [6, 6.07) is 66.9. The summed E-state index contributed by atoms with van der Waals surface area (Å²) in [5.74, 6) is 0. The lowest BCUT2D eigenvalue weighted by atomic mass is 9.98. The SMILES string of the molecule is c1ccc(-c2ccc(-c3ccc(N(c4ccccc4-c4ccccc4)c4cccc5c4ccc4oc6ccccc6c45)cc3)cc2)cc1. The maximum Gasteiger partial charge on any atom is 0.136 e. The molecule has 0 aliphatic rings. The van der Waals surface area contributed by atoms with Gasteiger partial charge in [-0.3, -0.25) is 0 Å². The summed E-state index contributed by atoms with van der Waals surface area (Å²) in [4.78, 5) is 2.40. The van der Waals surface area contributed by atoms with Gasteiger partial charge in [0.25, 0.3) is 0 Å². The van der Waals surface area contributed by atoms with Gasteiger partial charge < -0.3 is 9.32 Å². The van der Waals surface area contributed by atoms with Crippen molar-refractivity contribution in [3.63, 3.8) is 0 Å². The number of rotatable bonds is 6. The van der Waals surface area contributed by atoms with E-state index in [1.54, 1.807) is 0 Å². The Labute approximate surface area is 279 Å². The van der Waals surface area contributed by atoms with Gasteiger partial charge in [0, 0.05) is 27.4 Å². The molecule has 1 aromatic heterocycles. The van der Waals surface area contributed by atoms with Crippen LogP contribution in [0.5, 0.6) is 0 Å². The van der Waals surface area contributed by atoms with E-state index in [-0.39, 0.29) is 0 Å². The first-order valence-electron chi connectivity index (χ1n) is 16.4. The summed E-state index contributed by atoms with van der Waals surface area (Å²) in [6.07, 6.45) is 0. The molecule has 2 heteroatoms. The number of nitrogens with zero attached hydrogens (tertiary/aromatic N) is 1. The van der Waals surface area contributed by atoms with Gasteiger partial charge in [0.15, 0.2) is 0 Å². The standard InChI is InChI=1S/C46H31NO/c1-3-12-32(13-4-1)33-22-24-34(25-23-33)35-26-28-37(29-27-35)47(42-19-9-7-16-38(42)36-14-5-2-6-15-36)43-20-11-18-40-39(43)30-31-45-46(40)41-17-8-10-21-44(41)48-45/h1-31H. The maximum atomic E-state index is 6.28. The average Bonchev–Trinajstić information content (AvgIpc) is 3.56. The van der Waals surface area contributed by atoms with Crippen LogP contribution in [-0.2, 0) is 0 Å². The number of anilines is 3. The second kappa shape index (κ2) is 11.8. The van der Waals surface area contributed by atoms with Gasteiger partial charge in [-0.2, -0.15) is 0 Å². The largest absolute Gasteiger partial charge is 0.456 e. The first-order chi connectivity index (χ1) is 23.8. The van der Waals surface area contributed by atoms with Gasteiger partial charge in [0.1, 0.15) is 11.2 Å². The molecule has 0 aliphatic heterocycles. The summed E-state index contributed by atoms with van der Waals surface area (Å²) in [5, 5.41) is 4.62. The van der Waals surface area contributed by atoms with Gasteiger partial charge in [-0.15, -0.1) is 0 Å². The maximum absolute atomic E-state index is 6.28. The molecule has 0 unspecified atom stereocenters. The van der Waals surface area contributed by atoms with E-state index in [0.717, 1.165) is 39.0 Å². The highest BCUT2D eigenvalue weighted by Gasteiger charge is 2.21. The first-order valence-corrected chi connectivity index (χ1v) is 16.4. The third kappa shape index (κ3) is 4.83. The quantitative estimate of drug-likeness (QED) is 0.185. The number of fused-ring (bicyclic) bond motifs is 5. The fourth-order valence-electron chi connectivity index (χ4n) is 6.99. The smallest absolute Gasteiger partial charge is 0.136 e.